The SMILES string of the molecule is CC(O)CN(C)C(=O)NCc1ccc(CN(C)C)c(F)c1. The average Bonchev–Trinajstić information content (AvgIpc) is 2.37. The molecule has 1 atom stereocenters. The molecule has 5 nitrogen and oxygen atoms in total. The highest BCUT2D eigenvalue weighted by atomic mass is 19.1. The van der Waals surface area contributed by atoms with E-state index in [0.29, 0.717) is 17.7 Å². The summed E-state index contributed by atoms with van der Waals surface area (Å²) in [7, 11) is 5.36. The fourth-order valence-corrected chi connectivity index (χ4v) is 1.96. The number of benzene rings is 1. The van der Waals surface area contributed by atoms with Crippen molar-refractivity contribution >= 4 is 6.03 Å². The Balaban J connectivity index is 2.56. The number of nitrogens with one attached hydrogen (secondary N) is 1. The van der Waals surface area contributed by atoms with Crippen LogP contribution in [-0.2, 0) is 13.1 Å². The van der Waals surface area contributed by atoms with Gasteiger partial charge in [-0.3, -0.25) is 0 Å². The van der Waals surface area contributed by atoms with Crippen LogP contribution in [0.2, 0.25) is 0 Å². The first-order valence-corrected chi connectivity index (χ1v) is 6.88. The van der Waals surface area contributed by atoms with E-state index in [0.717, 1.165) is 0 Å². The molecule has 1 aromatic carbocycles. The van der Waals surface area contributed by atoms with Crippen molar-refractivity contribution in [3.05, 3.63) is 35.1 Å². The summed E-state index contributed by atoms with van der Waals surface area (Å²) in [5.41, 5.74) is 1.33. The minimum atomic E-state index is -0.580. The van der Waals surface area contributed by atoms with Gasteiger partial charge < -0.3 is 20.2 Å². The largest absolute Gasteiger partial charge is 0.392 e. The van der Waals surface area contributed by atoms with Gasteiger partial charge in [-0.05, 0) is 32.6 Å². The van der Waals surface area contributed by atoms with Crippen molar-refractivity contribution in [3.63, 3.8) is 0 Å². The Hall–Kier alpha value is -1.66. The van der Waals surface area contributed by atoms with Gasteiger partial charge in [0.1, 0.15) is 5.82 Å². The number of carbonyl (C=O) groups excluding carboxylic acids is 1. The molecule has 0 saturated heterocycles. The number of nitrogens with zero attached hydrogens (tertiary/aromatic N) is 2. The quantitative estimate of drug-likeness (QED) is 0.835. The Bertz CT molecular complexity index is 478. The summed E-state index contributed by atoms with van der Waals surface area (Å²) in [5.74, 6) is -0.271. The lowest BCUT2D eigenvalue weighted by Gasteiger charge is -2.19. The van der Waals surface area contributed by atoms with E-state index in [-0.39, 0.29) is 24.9 Å². The van der Waals surface area contributed by atoms with E-state index in [1.807, 2.05) is 19.0 Å². The van der Waals surface area contributed by atoms with Crippen molar-refractivity contribution in [2.75, 3.05) is 27.7 Å². The maximum atomic E-state index is 13.9. The summed E-state index contributed by atoms with van der Waals surface area (Å²) < 4.78 is 13.9. The molecule has 0 fully saturated rings. The number of hydrogen-bond donors (Lipinski definition) is 2. The number of amides is 2. The molecule has 21 heavy (non-hydrogen) atoms. The van der Waals surface area contributed by atoms with Gasteiger partial charge in [0.05, 0.1) is 6.10 Å². The lowest BCUT2D eigenvalue weighted by molar-refractivity contribution is 0.143. The second kappa shape index (κ2) is 7.95. The zero-order valence-electron chi connectivity index (χ0n) is 13.1. The second-order valence-corrected chi connectivity index (χ2v) is 5.55. The monoisotopic (exact) mass is 297 g/mol. The van der Waals surface area contributed by atoms with E-state index in [1.165, 1.54) is 11.0 Å². The molecule has 0 radical (unpaired) electrons. The van der Waals surface area contributed by atoms with Crippen LogP contribution in [0.15, 0.2) is 18.2 Å². The molecule has 118 valence electrons. The highest BCUT2D eigenvalue weighted by molar-refractivity contribution is 5.73. The average molecular weight is 297 g/mol. The van der Waals surface area contributed by atoms with Crippen molar-refractivity contribution in [2.24, 2.45) is 0 Å². The normalized spacial score (nSPS) is 12.3. The zero-order valence-corrected chi connectivity index (χ0v) is 13.1. The van der Waals surface area contributed by atoms with Crippen LogP contribution < -0.4 is 5.32 Å². The van der Waals surface area contributed by atoms with E-state index < -0.39 is 6.10 Å². The molecule has 0 aromatic heterocycles. The smallest absolute Gasteiger partial charge is 0.317 e. The molecular formula is C15H24FN3O2. The fourth-order valence-electron chi connectivity index (χ4n) is 1.96. The Labute approximate surface area is 125 Å². The van der Waals surface area contributed by atoms with Gasteiger partial charge in [0.2, 0.25) is 0 Å². The standard InChI is InChI=1S/C15H24FN3O2/c1-11(20)9-19(4)15(21)17-8-12-5-6-13(10-18(2)3)14(16)7-12/h5-7,11,20H,8-10H2,1-4H3,(H,17,21). The van der Waals surface area contributed by atoms with Gasteiger partial charge >= 0.3 is 6.03 Å². The van der Waals surface area contributed by atoms with E-state index in [1.54, 1.807) is 26.1 Å². The summed E-state index contributed by atoms with van der Waals surface area (Å²) >= 11 is 0. The minimum absolute atomic E-state index is 0.252. The van der Waals surface area contributed by atoms with E-state index >= 15 is 0 Å². The Morgan fingerprint density at radius 2 is 2.05 bits per heavy atom. The maximum Gasteiger partial charge on any atom is 0.317 e. The molecule has 1 rings (SSSR count). The van der Waals surface area contributed by atoms with Gasteiger partial charge in [0, 0.05) is 32.2 Å². The van der Waals surface area contributed by atoms with Crippen LogP contribution in [-0.4, -0.2) is 54.7 Å². The van der Waals surface area contributed by atoms with Crippen LogP contribution >= 0.6 is 0 Å². The first-order valence-electron chi connectivity index (χ1n) is 6.88. The molecule has 1 aromatic rings. The Morgan fingerprint density at radius 1 is 1.38 bits per heavy atom. The first-order chi connectivity index (χ1) is 9.79. The summed E-state index contributed by atoms with van der Waals surface area (Å²) in [6.07, 6.45) is -0.580. The fraction of sp³-hybridized carbons (Fsp3) is 0.533. The summed E-state index contributed by atoms with van der Waals surface area (Å²) in [5, 5.41) is 11.9. The third kappa shape index (κ3) is 6.10. The molecule has 0 aliphatic heterocycles. The van der Waals surface area contributed by atoms with Crippen LogP contribution in [0.5, 0.6) is 0 Å². The molecule has 0 heterocycles. The van der Waals surface area contributed by atoms with Crippen molar-refractivity contribution in [1.29, 1.82) is 0 Å². The number of likely N-dealkylation sites (N-methyl/N-ethyl adjacent to an activating group) is 1. The van der Waals surface area contributed by atoms with Gasteiger partial charge in [-0.25, -0.2) is 9.18 Å². The predicted molar refractivity (Wildman–Crippen MR) is 80.3 cm³/mol. The van der Waals surface area contributed by atoms with Gasteiger partial charge in [0.15, 0.2) is 0 Å². The van der Waals surface area contributed by atoms with E-state index in [2.05, 4.69) is 5.32 Å². The molecule has 0 aliphatic carbocycles. The van der Waals surface area contributed by atoms with Crippen LogP contribution in [0.25, 0.3) is 0 Å². The number of urea groups is 1. The highest BCUT2D eigenvalue weighted by Gasteiger charge is 2.11. The van der Waals surface area contributed by atoms with E-state index in [4.69, 9.17) is 0 Å². The molecule has 0 bridgehead atoms. The van der Waals surface area contributed by atoms with Gasteiger partial charge in [-0.15, -0.1) is 0 Å². The molecule has 2 amide bonds. The molecule has 1 unspecified atom stereocenters. The van der Waals surface area contributed by atoms with Crippen molar-refractivity contribution in [3.8, 4) is 0 Å². The number of carbonyl (C=O) groups is 1. The molecule has 2 N–H and O–H groups in total. The second-order valence-electron chi connectivity index (χ2n) is 5.55. The predicted octanol–water partition coefficient (Wildman–Crippen LogP) is 1.41. The van der Waals surface area contributed by atoms with Gasteiger partial charge in [0.25, 0.3) is 0 Å². The highest BCUT2D eigenvalue weighted by Crippen LogP contribution is 2.12. The van der Waals surface area contributed by atoms with Crippen LogP contribution in [0.3, 0.4) is 0 Å². The molecule has 0 aliphatic rings. The zero-order chi connectivity index (χ0) is 16.0. The van der Waals surface area contributed by atoms with Gasteiger partial charge in [-0.2, -0.15) is 0 Å². The summed E-state index contributed by atoms with van der Waals surface area (Å²) in [6, 6.07) is 4.68. The topological polar surface area (TPSA) is 55.8 Å². The van der Waals surface area contributed by atoms with Crippen LogP contribution in [0, 0.1) is 5.82 Å². The summed E-state index contributed by atoms with van der Waals surface area (Å²) in [4.78, 5) is 15.0. The third-order valence-electron chi connectivity index (χ3n) is 2.93. The summed E-state index contributed by atoms with van der Waals surface area (Å²) in [6.45, 7) is 2.66. The minimum Gasteiger partial charge on any atom is -0.392 e. The molecule has 0 saturated carbocycles. The van der Waals surface area contributed by atoms with Gasteiger partial charge in [-0.1, -0.05) is 12.1 Å². The third-order valence-corrected chi connectivity index (χ3v) is 2.93. The maximum absolute atomic E-state index is 13.9. The molecule has 0 spiro atoms. The Morgan fingerprint density at radius 3 is 2.57 bits per heavy atom. The number of aliphatic hydroxyl groups excluding tert-OH is 1. The van der Waals surface area contributed by atoms with Crippen LogP contribution in [0.1, 0.15) is 18.1 Å². The number of halogens is 1. The number of hydrogen-bond acceptors (Lipinski definition) is 3. The lowest BCUT2D eigenvalue weighted by Crippen LogP contribution is -2.40. The van der Waals surface area contributed by atoms with E-state index in [9.17, 15) is 14.3 Å². The van der Waals surface area contributed by atoms with Crippen molar-refractivity contribution < 1.29 is 14.3 Å². The van der Waals surface area contributed by atoms with Crippen molar-refractivity contribution in [1.82, 2.24) is 15.1 Å². The Kier molecular flexibility index (Phi) is 6.58. The number of rotatable bonds is 6. The molecular weight excluding hydrogens is 273 g/mol. The van der Waals surface area contributed by atoms with Crippen molar-refractivity contribution in [2.45, 2.75) is 26.1 Å². The van der Waals surface area contributed by atoms with Crippen LogP contribution in [0.4, 0.5) is 9.18 Å². The first kappa shape index (κ1) is 17.4. The molecule has 6 heteroatoms. The lowest BCUT2D eigenvalue weighted by atomic mass is 10.1. The number of aliphatic hydroxyl groups is 1.